The molecule has 0 spiro atoms. The van der Waals surface area contributed by atoms with E-state index < -0.39 is 17.4 Å². The summed E-state index contributed by atoms with van der Waals surface area (Å²) in [6.45, 7) is -0.0277. The number of aliphatic carboxylic acids is 1. The van der Waals surface area contributed by atoms with Crippen LogP contribution in [-0.2, 0) is 11.2 Å². The van der Waals surface area contributed by atoms with E-state index in [-0.39, 0.29) is 42.2 Å². The molecule has 2 aromatic rings. The van der Waals surface area contributed by atoms with Gasteiger partial charge >= 0.3 is 5.97 Å². The third kappa shape index (κ3) is 4.42. The van der Waals surface area contributed by atoms with Gasteiger partial charge in [-0.1, -0.05) is 18.2 Å². The number of nitrogens with one attached hydrogen (secondary N) is 1. The number of hydrogen-bond acceptors (Lipinski definition) is 6. The van der Waals surface area contributed by atoms with Crippen LogP contribution in [0.25, 0.3) is 0 Å². The summed E-state index contributed by atoms with van der Waals surface area (Å²) in [6.07, 6.45) is -0.189. The van der Waals surface area contributed by atoms with Gasteiger partial charge in [0, 0.05) is 13.0 Å². The second-order valence-electron chi connectivity index (χ2n) is 5.98. The van der Waals surface area contributed by atoms with Gasteiger partial charge < -0.3 is 31.5 Å². The summed E-state index contributed by atoms with van der Waals surface area (Å²) in [5, 5.41) is 40.5. The van der Waals surface area contributed by atoms with Crippen molar-refractivity contribution in [3.05, 3.63) is 53.6 Å². The average molecular weight is 360 g/mol. The fraction of sp³-hybridized carbons (Fsp3) is 0.222. The lowest BCUT2D eigenvalue weighted by Crippen LogP contribution is -2.52. The second kappa shape index (κ2) is 7.75. The molecule has 2 aromatic carbocycles. The van der Waals surface area contributed by atoms with Gasteiger partial charge in [-0.3, -0.25) is 9.59 Å². The highest BCUT2D eigenvalue weighted by Gasteiger charge is 2.34. The first kappa shape index (κ1) is 19.1. The van der Waals surface area contributed by atoms with Gasteiger partial charge in [-0.25, -0.2) is 0 Å². The van der Waals surface area contributed by atoms with Gasteiger partial charge in [0.2, 0.25) is 0 Å². The number of carboxylic acids is 1. The molecule has 26 heavy (non-hydrogen) atoms. The molecule has 0 aliphatic carbocycles. The molecule has 1 unspecified atom stereocenters. The van der Waals surface area contributed by atoms with E-state index in [0.29, 0.717) is 5.56 Å². The minimum Gasteiger partial charge on any atom is -0.507 e. The molecule has 7 N–H and O–H groups in total. The molecule has 8 nitrogen and oxygen atoms in total. The zero-order chi connectivity index (χ0) is 19.3. The Kier molecular flexibility index (Phi) is 5.68. The fourth-order valence-corrected chi connectivity index (χ4v) is 2.47. The molecule has 0 heterocycles. The topological polar surface area (TPSA) is 153 Å². The quantitative estimate of drug-likeness (QED) is 0.402. The van der Waals surface area contributed by atoms with Crippen LogP contribution in [0.1, 0.15) is 22.3 Å². The van der Waals surface area contributed by atoms with E-state index >= 15 is 0 Å². The van der Waals surface area contributed by atoms with E-state index in [1.807, 2.05) is 0 Å². The average Bonchev–Trinajstić information content (AvgIpc) is 2.58. The molecule has 138 valence electrons. The SMILES string of the molecule is NC(CCNC(=O)c1ccccc1O)(Cc1ccc(O)c(O)c1)C(=O)O. The number of nitrogens with two attached hydrogens (primary N) is 1. The van der Waals surface area contributed by atoms with Crippen molar-refractivity contribution in [1.82, 2.24) is 5.32 Å². The Hall–Kier alpha value is -3.26. The standard InChI is InChI=1S/C18H20N2O6/c19-18(17(25)26,10-11-5-6-14(22)15(23)9-11)7-8-20-16(24)12-3-1-2-4-13(12)21/h1-6,9,21-23H,7-8,10,19H2,(H,20,24)(H,25,26). The number of carbonyl (C=O) groups is 2. The summed E-state index contributed by atoms with van der Waals surface area (Å²) < 4.78 is 0. The number of phenolic OH excluding ortho intramolecular Hbond substituents is 3. The number of carboxylic acid groups (broad SMARTS) is 1. The maximum absolute atomic E-state index is 12.0. The van der Waals surface area contributed by atoms with E-state index in [1.54, 1.807) is 12.1 Å². The van der Waals surface area contributed by atoms with Crippen molar-refractivity contribution in [2.45, 2.75) is 18.4 Å². The number of hydrogen-bond donors (Lipinski definition) is 6. The summed E-state index contributed by atoms with van der Waals surface area (Å²) in [6, 6.07) is 9.92. The summed E-state index contributed by atoms with van der Waals surface area (Å²) in [4.78, 5) is 23.6. The molecule has 0 aliphatic rings. The highest BCUT2D eigenvalue weighted by atomic mass is 16.4. The molecule has 2 rings (SSSR count). The van der Waals surface area contributed by atoms with E-state index in [9.17, 15) is 30.0 Å². The Labute approximate surface area is 149 Å². The van der Waals surface area contributed by atoms with Crippen molar-refractivity contribution in [2.24, 2.45) is 5.73 Å². The third-order valence-electron chi connectivity index (χ3n) is 3.99. The smallest absolute Gasteiger partial charge is 0.324 e. The summed E-state index contributed by atoms with van der Waals surface area (Å²) in [5.74, 6) is -2.67. The van der Waals surface area contributed by atoms with Crippen LogP contribution in [0, 0.1) is 0 Å². The number of phenols is 3. The molecular formula is C18H20N2O6. The number of para-hydroxylation sites is 1. The number of amides is 1. The van der Waals surface area contributed by atoms with E-state index in [1.165, 1.54) is 30.3 Å². The first-order valence-corrected chi connectivity index (χ1v) is 7.82. The van der Waals surface area contributed by atoms with Crippen LogP contribution in [0.15, 0.2) is 42.5 Å². The number of rotatable bonds is 7. The predicted molar refractivity (Wildman–Crippen MR) is 93.1 cm³/mol. The number of aromatic hydroxyl groups is 3. The molecule has 8 heteroatoms. The third-order valence-corrected chi connectivity index (χ3v) is 3.99. The zero-order valence-electron chi connectivity index (χ0n) is 13.8. The first-order valence-electron chi connectivity index (χ1n) is 7.82. The van der Waals surface area contributed by atoms with Crippen molar-refractivity contribution >= 4 is 11.9 Å². The van der Waals surface area contributed by atoms with Gasteiger partial charge in [0.25, 0.3) is 5.91 Å². The Morgan fingerprint density at radius 3 is 2.31 bits per heavy atom. The lowest BCUT2D eigenvalue weighted by molar-refractivity contribution is -0.143. The molecule has 0 fully saturated rings. The van der Waals surface area contributed by atoms with Gasteiger partial charge in [0.15, 0.2) is 11.5 Å². The van der Waals surface area contributed by atoms with Crippen LogP contribution < -0.4 is 11.1 Å². The van der Waals surface area contributed by atoms with Gasteiger partial charge in [0.05, 0.1) is 5.56 Å². The molecule has 1 amide bonds. The number of carbonyl (C=O) groups excluding carboxylic acids is 1. The molecule has 0 radical (unpaired) electrons. The van der Waals surface area contributed by atoms with Crippen LogP contribution >= 0.6 is 0 Å². The van der Waals surface area contributed by atoms with Crippen molar-refractivity contribution in [2.75, 3.05) is 6.54 Å². The minimum absolute atomic E-state index is 0.0277. The summed E-state index contributed by atoms with van der Waals surface area (Å²) >= 11 is 0. The van der Waals surface area contributed by atoms with Crippen molar-refractivity contribution in [3.63, 3.8) is 0 Å². The zero-order valence-corrected chi connectivity index (χ0v) is 13.8. The highest BCUT2D eigenvalue weighted by Crippen LogP contribution is 2.27. The van der Waals surface area contributed by atoms with Crippen molar-refractivity contribution in [3.8, 4) is 17.2 Å². The normalized spacial score (nSPS) is 13.0. The van der Waals surface area contributed by atoms with Crippen molar-refractivity contribution < 1.29 is 30.0 Å². The Bertz CT molecular complexity index is 823. The summed E-state index contributed by atoms with van der Waals surface area (Å²) in [5.41, 5.74) is 4.79. The van der Waals surface area contributed by atoms with Crippen LogP contribution in [0.3, 0.4) is 0 Å². The van der Waals surface area contributed by atoms with E-state index in [2.05, 4.69) is 5.32 Å². The molecule has 0 bridgehead atoms. The largest absolute Gasteiger partial charge is 0.507 e. The molecule has 0 aliphatic heterocycles. The minimum atomic E-state index is -1.69. The predicted octanol–water partition coefficient (Wildman–Crippen LogP) is 0.948. The molecule has 0 saturated heterocycles. The van der Waals surface area contributed by atoms with E-state index in [0.717, 1.165) is 0 Å². The van der Waals surface area contributed by atoms with Crippen LogP contribution in [-0.4, -0.2) is 44.4 Å². The summed E-state index contributed by atoms with van der Waals surface area (Å²) in [7, 11) is 0. The lowest BCUT2D eigenvalue weighted by Gasteiger charge is -2.25. The van der Waals surface area contributed by atoms with E-state index in [4.69, 9.17) is 5.73 Å². The van der Waals surface area contributed by atoms with Crippen LogP contribution in [0.2, 0.25) is 0 Å². The highest BCUT2D eigenvalue weighted by molar-refractivity contribution is 5.96. The second-order valence-corrected chi connectivity index (χ2v) is 5.98. The molecular weight excluding hydrogens is 340 g/mol. The Morgan fingerprint density at radius 2 is 1.69 bits per heavy atom. The maximum atomic E-state index is 12.0. The first-order chi connectivity index (χ1) is 12.2. The monoisotopic (exact) mass is 360 g/mol. The Balaban J connectivity index is 2.03. The maximum Gasteiger partial charge on any atom is 0.324 e. The van der Waals surface area contributed by atoms with Gasteiger partial charge in [-0.05, 0) is 36.2 Å². The van der Waals surface area contributed by atoms with Gasteiger partial charge in [0.1, 0.15) is 11.3 Å². The van der Waals surface area contributed by atoms with Gasteiger partial charge in [-0.15, -0.1) is 0 Å². The van der Waals surface area contributed by atoms with Crippen molar-refractivity contribution in [1.29, 1.82) is 0 Å². The van der Waals surface area contributed by atoms with Crippen LogP contribution in [0.5, 0.6) is 17.2 Å². The fourth-order valence-electron chi connectivity index (χ4n) is 2.47. The molecule has 0 aromatic heterocycles. The molecule has 1 atom stereocenters. The Morgan fingerprint density at radius 1 is 1.00 bits per heavy atom. The van der Waals surface area contributed by atoms with Crippen LogP contribution in [0.4, 0.5) is 0 Å². The number of benzene rings is 2. The van der Waals surface area contributed by atoms with Gasteiger partial charge in [-0.2, -0.15) is 0 Å². The molecule has 0 saturated carbocycles. The lowest BCUT2D eigenvalue weighted by atomic mass is 9.88.